The lowest BCUT2D eigenvalue weighted by atomic mass is 9.78. The molecule has 0 radical (unpaired) electrons. The molecule has 0 saturated heterocycles. The monoisotopic (exact) mass is 182 g/mol. The average molecular weight is 182 g/mol. The van der Waals surface area contributed by atoms with Gasteiger partial charge < -0.3 is 10.3 Å². The zero-order valence-electron chi connectivity index (χ0n) is 7.77. The second-order valence-electron chi connectivity index (χ2n) is 4.10. The second-order valence-corrected chi connectivity index (χ2v) is 4.10. The maximum absolute atomic E-state index is 11.6. The number of hydroxylamine groups is 2. The molecule has 2 aliphatic rings. The lowest BCUT2D eigenvalue weighted by Gasteiger charge is -2.49. The first-order valence-electron chi connectivity index (χ1n) is 4.75. The predicted octanol–water partition coefficient (Wildman–Crippen LogP) is 1.75. The van der Waals surface area contributed by atoms with Gasteiger partial charge in [-0.25, -0.2) is 0 Å². The standard InChI is InChI=1S/C9H14N2O2/c1-9-5-3-2-4-8(9)10(12)6-7-11(9)13/h6-8H,2-5H2,1H3. The van der Waals surface area contributed by atoms with Crippen LogP contribution in [-0.4, -0.2) is 21.4 Å². The summed E-state index contributed by atoms with van der Waals surface area (Å²) in [7, 11) is 0. The molecule has 0 spiro atoms. The van der Waals surface area contributed by atoms with Gasteiger partial charge in [0.25, 0.3) is 0 Å². The van der Waals surface area contributed by atoms with Crippen molar-refractivity contribution in [3.8, 4) is 0 Å². The summed E-state index contributed by atoms with van der Waals surface area (Å²) in [5.41, 5.74) is -0.491. The van der Waals surface area contributed by atoms with Gasteiger partial charge in [-0.15, -0.1) is 0 Å². The third-order valence-electron chi connectivity index (χ3n) is 3.29. The molecule has 4 nitrogen and oxygen atoms in total. The van der Waals surface area contributed by atoms with E-state index in [-0.39, 0.29) is 6.04 Å². The fourth-order valence-corrected chi connectivity index (χ4v) is 2.36. The Morgan fingerprint density at radius 1 is 1.62 bits per heavy atom. The first kappa shape index (κ1) is 8.69. The quantitative estimate of drug-likeness (QED) is 0.536. The minimum absolute atomic E-state index is 0.149. The van der Waals surface area contributed by atoms with Crippen LogP contribution < -0.4 is 0 Å². The molecule has 0 aromatic heterocycles. The molecule has 1 fully saturated rings. The molecule has 72 valence electrons. The minimum Gasteiger partial charge on any atom is -0.758 e. The van der Waals surface area contributed by atoms with Crippen LogP contribution in [0, 0.1) is 10.1 Å². The van der Waals surface area contributed by atoms with Gasteiger partial charge in [-0.05, 0) is 19.8 Å². The SMILES string of the molecule is CC12CCCCC1[N+](=O)C=CN2[O-]. The van der Waals surface area contributed by atoms with Crippen LogP contribution in [0.1, 0.15) is 32.6 Å². The molecule has 1 aliphatic heterocycles. The summed E-state index contributed by atoms with van der Waals surface area (Å²) >= 11 is 0. The van der Waals surface area contributed by atoms with Crippen molar-refractivity contribution in [1.29, 1.82) is 0 Å². The largest absolute Gasteiger partial charge is 0.758 e. The summed E-state index contributed by atoms with van der Waals surface area (Å²) in [5, 5.41) is 12.5. The van der Waals surface area contributed by atoms with Crippen LogP contribution in [0.4, 0.5) is 0 Å². The van der Waals surface area contributed by atoms with Crippen LogP contribution in [0.5, 0.6) is 0 Å². The van der Waals surface area contributed by atoms with Crippen LogP contribution in [0.25, 0.3) is 0 Å². The van der Waals surface area contributed by atoms with E-state index in [0.29, 0.717) is 0 Å². The first-order valence-corrected chi connectivity index (χ1v) is 4.75. The maximum Gasteiger partial charge on any atom is 0.236 e. The number of nitrogens with zero attached hydrogens (tertiary/aromatic N) is 2. The molecule has 2 atom stereocenters. The molecule has 0 amide bonds. The molecule has 1 heterocycles. The maximum atomic E-state index is 11.6. The van der Waals surface area contributed by atoms with Crippen molar-refractivity contribution in [2.75, 3.05) is 0 Å². The number of fused-ring (bicyclic) bond motifs is 1. The van der Waals surface area contributed by atoms with Crippen molar-refractivity contribution >= 4 is 0 Å². The molecule has 2 rings (SSSR count). The van der Waals surface area contributed by atoms with E-state index in [2.05, 4.69) is 0 Å². The topological polar surface area (TPSA) is 46.4 Å². The second kappa shape index (κ2) is 2.80. The Morgan fingerprint density at radius 3 is 3.08 bits per heavy atom. The van der Waals surface area contributed by atoms with E-state index in [1.807, 2.05) is 6.92 Å². The Balaban J connectivity index is 2.34. The van der Waals surface area contributed by atoms with Gasteiger partial charge in [-0.2, -0.15) is 0 Å². The fourth-order valence-electron chi connectivity index (χ4n) is 2.36. The lowest BCUT2D eigenvalue weighted by molar-refractivity contribution is -0.548. The van der Waals surface area contributed by atoms with Gasteiger partial charge in [-0.3, -0.25) is 0 Å². The Bertz CT molecular complexity index is 264. The molecule has 1 aliphatic carbocycles. The van der Waals surface area contributed by atoms with Gasteiger partial charge in [0.05, 0.1) is 11.7 Å². The van der Waals surface area contributed by atoms with Crippen molar-refractivity contribution in [2.24, 2.45) is 0 Å². The Kier molecular flexibility index (Phi) is 1.87. The highest BCUT2D eigenvalue weighted by atomic mass is 16.5. The van der Waals surface area contributed by atoms with E-state index in [4.69, 9.17) is 0 Å². The number of hydrogen-bond donors (Lipinski definition) is 0. The summed E-state index contributed by atoms with van der Waals surface area (Å²) < 4.78 is 0.938. The summed E-state index contributed by atoms with van der Waals surface area (Å²) in [4.78, 5) is 11.4. The molecule has 4 heteroatoms. The van der Waals surface area contributed by atoms with E-state index >= 15 is 0 Å². The van der Waals surface area contributed by atoms with Crippen LogP contribution in [0.2, 0.25) is 0 Å². The van der Waals surface area contributed by atoms with Gasteiger partial charge in [0.1, 0.15) is 0 Å². The Hall–Kier alpha value is -0.900. The fraction of sp³-hybridized carbons (Fsp3) is 0.778. The molecule has 1 saturated carbocycles. The number of hydrogen-bond acceptors (Lipinski definition) is 3. The molecule has 2 unspecified atom stereocenters. The van der Waals surface area contributed by atoms with Crippen LogP contribution in [0.15, 0.2) is 12.4 Å². The smallest absolute Gasteiger partial charge is 0.236 e. The van der Waals surface area contributed by atoms with E-state index in [1.54, 1.807) is 0 Å². The summed E-state index contributed by atoms with van der Waals surface area (Å²) in [5.74, 6) is 0. The molecular weight excluding hydrogens is 168 g/mol. The lowest BCUT2D eigenvalue weighted by Crippen LogP contribution is -2.57. The molecule has 0 aromatic carbocycles. The van der Waals surface area contributed by atoms with E-state index < -0.39 is 5.54 Å². The van der Waals surface area contributed by atoms with Crippen molar-refractivity contribution in [3.05, 3.63) is 22.5 Å². The number of rotatable bonds is 0. The van der Waals surface area contributed by atoms with Crippen LogP contribution in [0.3, 0.4) is 0 Å². The predicted molar refractivity (Wildman–Crippen MR) is 48.6 cm³/mol. The first-order chi connectivity index (χ1) is 6.14. The zero-order valence-corrected chi connectivity index (χ0v) is 7.77. The summed E-state index contributed by atoms with van der Waals surface area (Å²) in [6.45, 7) is 1.89. The highest BCUT2D eigenvalue weighted by Crippen LogP contribution is 2.37. The Labute approximate surface area is 77.4 Å². The molecule has 0 bridgehead atoms. The van der Waals surface area contributed by atoms with Crippen molar-refractivity contribution < 1.29 is 4.76 Å². The van der Waals surface area contributed by atoms with Gasteiger partial charge in [-0.1, -0.05) is 6.42 Å². The van der Waals surface area contributed by atoms with E-state index in [9.17, 15) is 10.1 Å². The zero-order chi connectivity index (χ0) is 9.47. The third-order valence-corrected chi connectivity index (χ3v) is 3.29. The highest BCUT2D eigenvalue weighted by Gasteiger charge is 2.48. The summed E-state index contributed by atoms with van der Waals surface area (Å²) in [6, 6.07) is -0.149. The van der Waals surface area contributed by atoms with Crippen molar-refractivity contribution in [1.82, 2.24) is 5.06 Å². The molecule has 13 heavy (non-hydrogen) atoms. The Morgan fingerprint density at radius 2 is 2.38 bits per heavy atom. The van der Waals surface area contributed by atoms with Gasteiger partial charge in [0.15, 0.2) is 0 Å². The van der Waals surface area contributed by atoms with Gasteiger partial charge in [0.2, 0.25) is 12.2 Å². The van der Waals surface area contributed by atoms with E-state index in [1.165, 1.54) is 12.4 Å². The number of nitroso groups, excluding NO2 is 1. The van der Waals surface area contributed by atoms with Crippen LogP contribution in [-0.2, 0) is 0 Å². The highest BCUT2D eigenvalue weighted by molar-refractivity contribution is 5.03. The van der Waals surface area contributed by atoms with Crippen molar-refractivity contribution in [2.45, 2.75) is 44.2 Å². The van der Waals surface area contributed by atoms with Crippen molar-refractivity contribution in [3.63, 3.8) is 0 Å². The molecule has 0 N–H and O–H groups in total. The molecular formula is C9H14N2O2. The normalized spacial score (nSPS) is 39.1. The van der Waals surface area contributed by atoms with Crippen LogP contribution >= 0.6 is 0 Å². The average Bonchev–Trinajstić information content (AvgIpc) is 2.12. The molecule has 0 aromatic rings. The van der Waals surface area contributed by atoms with Gasteiger partial charge >= 0.3 is 0 Å². The van der Waals surface area contributed by atoms with E-state index in [0.717, 1.165) is 35.5 Å². The third kappa shape index (κ3) is 1.16. The van der Waals surface area contributed by atoms with Gasteiger partial charge in [0, 0.05) is 16.1 Å². The summed E-state index contributed by atoms with van der Waals surface area (Å²) in [6.07, 6.45) is 6.45. The minimum atomic E-state index is -0.491.